The zero-order chi connectivity index (χ0) is 57.7. The molecule has 0 heterocycles. The van der Waals surface area contributed by atoms with Gasteiger partial charge in [0.1, 0.15) is 35.1 Å². The lowest BCUT2D eigenvalue weighted by Gasteiger charge is -2.30. The molecule has 0 aromatic heterocycles. The maximum Gasteiger partial charge on any atom is 0.540 e. The van der Waals surface area contributed by atoms with E-state index in [4.69, 9.17) is 40.3 Å². The third-order valence-corrected chi connectivity index (χ3v) is 30.0. The van der Waals surface area contributed by atoms with Crippen LogP contribution >= 0.6 is 78.1 Å². The van der Waals surface area contributed by atoms with Gasteiger partial charge >= 0.3 is 22.3 Å². The van der Waals surface area contributed by atoms with E-state index in [1.807, 2.05) is 97.1 Å². The molecule has 7 unspecified atom stereocenters. The van der Waals surface area contributed by atoms with Crippen molar-refractivity contribution in [3.05, 3.63) is 206 Å². The highest BCUT2D eigenvalue weighted by atomic mass is 32.5. The number of hydrogen-bond acceptors (Lipinski definition) is 15. The fourth-order valence-corrected chi connectivity index (χ4v) is 24.7. The average Bonchev–Trinajstić information content (AvgIpc) is 3.45. The fraction of sp³-hybridized carbons (Fsp3) is 0.136. The summed E-state index contributed by atoms with van der Waals surface area (Å²) in [5.41, 5.74) is 29.9. The first-order chi connectivity index (χ1) is 38.3. The van der Waals surface area contributed by atoms with Crippen LogP contribution in [-0.2, 0) is 27.4 Å². The maximum atomic E-state index is 11.5. The second kappa shape index (κ2) is 31.4. The number of rotatable bonds is 29. The molecule has 0 bridgehead atoms. The minimum Gasteiger partial charge on any atom is -0.448 e. The predicted molar refractivity (Wildman–Crippen MR) is 333 cm³/mol. The Kier molecular flexibility index (Phi) is 25.2. The Balaban J connectivity index is 1.22. The van der Waals surface area contributed by atoms with Crippen molar-refractivity contribution in [2.24, 2.45) is 29.8 Å². The standard InChI is InChI=1S/C44H49N15O10P10S/c1-57(48-31-36-15-19-38(20-16-36)66-53-50-45)75(74(71)55-52-47)68-40-25-27-44(28-26-40)79(42-9-5-3-6-10-42,43-11-7-4-8-12-43)56-72(73(70)54-51-46)67-39-23-17-37(18-24-39)32-49-58(2)76(80)69-41-21-13-35(14-22-41)29-30-59(33-77(60,61)62)34-78(63,64)65/h3-28,31-32H,29-30,33-34,70-71H2,1-2H3,(H3-,60,61,62,63,64,65)/p+1. The van der Waals surface area contributed by atoms with Gasteiger partial charge in [0.05, 0.1) is 41.4 Å². The summed E-state index contributed by atoms with van der Waals surface area (Å²) in [6.07, 6.45) is 1.91. The van der Waals surface area contributed by atoms with Gasteiger partial charge in [-0.15, -0.1) is 5.10 Å². The molecule has 36 heteroatoms. The molecule has 0 radical (unpaired) electrons. The Bertz CT molecular complexity index is 3330. The lowest BCUT2D eigenvalue weighted by molar-refractivity contribution is 0.279. The van der Waals surface area contributed by atoms with Gasteiger partial charge in [-0.2, -0.15) is 5.10 Å². The molecule has 6 aromatic carbocycles. The van der Waals surface area contributed by atoms with Crippen LogP contribution in [0.25, 0.3) is 31.3 Å². The molecule has 0 saturated heterocycles. The highest BCUT2D eigenvalue weighted by Crippen LogP contribution is 2.79. The van der Waals surface area contributed by atoms with E-state index < -0.39 is 72.8 Å². The van der Waals surface area contributed by atoms with E-state index in [1.165, 1.54) is 4.78 Å². The Labute approximate surface area is 475 Å². The Morgan fingerprint density at radius 3 is 1.62 bits per heavy atom. The minimum absolute atomic E-state index is 0.000331. The second-order valence-electron chi connectivity index (χ2n) is 16.2. The van der Waals surface area contributed by atoms with Gasteiger partial charge < -0.3 is 33.5 Å². The van der Waals surface area contributed by atoms with Crippen LogP contribution in [0, 0.1) is 0 Å². The van der Waals surface area contributed by atoms with Gasteiger partial charge in [-0.25, -0.2) is 9.29 Å². The third-order valence-electron chi connectivity index (χ3n) is 10.4. The topological polar surface area (TPSA) is 345 Å². The zero-order valence-electron chi connectivity index (χ0n) is 42.1. The summed E-state index contributed by atoms with van der Waals surface area (Å²) in [4.78, 5) is 60.4. The lowest BCUT2D eigenvalue weighted by Crippen LogP contribution is -2.28. The van der Waals surface area contributed by atoms with Crippen LogP contribution in [-0.4, -0.2) is 79.7 Å². The SMILES string of the molecule is CN(N=Cc1ccc(ON=[N+]=[N-])cc1)P(Oc1ccc(P(=NP(Oc2ccc(C=NN(C)[P+](=S)Oc3ccc(CCN(CP(=O)(O)O)CP(=O)(O)O)cc3)cc2)P(P)N=[N+]=[N-])(c2ccccc2)c2ccccc2)cc1)P(P)N=[N+]=[N-]. The average molecular weight is 1290 g/mol. The summed E-state index contributed by atoms with van der Waals surface area (Å²) >= 11 is 5.63. The quantitative estimate of drug-likeness (QED) is 0.00847. The Morgan fingerprint density at radius 2 is 1.10 bits per heavy atom. The van der Waals surface area contributed by atoms with Crippen molar-refractivity contribution in [3.8, 4) is 23.0 Å². The zero-order valence-corrected chi connectivity index (χ0v) is 52.4. The maximum absolute atomic E-state index is 11.5. The van der Waals surface area contributed by atoms with E-state index in [9.17, 15) is 39.8 Å². The molecular weight excluding hydrogens is 1240 g/mol. The summed E-state index contributed by atoms with van der Waals surface area (Å²) in [6.45, 7) is 0.000331. The summed E-state index contributed by atoms with van der Waals surface area (Å²) < 4.78 is 51.2. The minimum atomic E-state index is -4.55. The molecule has 80 heavy (non-hydrogen) atoms. The van der Waals surface area contributed by atoms with Crippen molar-refractivity contribution in [1.29, 1.82) is 0 Å². The van der Waals surface area contributed by atoms with Gasteiger partial charge in [-0.05, 0) is 125 Å². The van der Waals surface area contributed by atoms with Crippen LogP contribution in [0.2, 0.25) is 0 Å². The van der Waals surface area contributed by atoms with Gasteiger partial charge in [-0.3, -0.25) is 18.6 Å². The van der Waals surface area contributed by atoms with E-state index in [0.29, 0.717) is 34.1 Å². The van der Waals surface area contributed by atoms with Crippen LogP contribution in [0.1, 0.15) is 16.7 Å². The van der Waals surface area contributed by atoms with Crippen molar-refractivity contribution >= 4 is 118 Å². The third kappa shape index (κ3) is 20.2. The normalized spacial score (nSPS) is 13.4. The first kappa shape index (κ1) is 64.2. The molecule has 0 saturated carbocycles. The van der Waals surface area contributed by atoms with Gasteiger partial charge in [0, 0.05) is 44.2 Å². The van der Waals surface area contributed by atoms with E-state index >= 15 is 0 Å². The Morgan fingerprint density at radius 1 is 0.625 bits per heavy atom. The van der Waals surface area contributed by atoms with Crippen LogP contribution in [0.5, 0.6) is 23.0 Å². The Hall–Kier alpha value is -5.02. The number of benzene rings is 6. The van der Waals surface area contributed by atoms with Crippen LogP contribution < -0.4 is 34.3 Å². The van der Waals surface area contributed by atoms with Crippen LogP contribution in [0.15, 0.2) is 187 Å². The number of azide groups is 3. The molecular formula is C44H50N15O10P10S+. The van der Waals surface area contributed by atoms with Gasteiger partial charge in [0.25, 0.3) is 0 Å². The summed E-state index contributed by atoms with van der Waals surface area (Å²) in [7, 11) is -11.8. The molecule has 4 N–H and O–H groups in total. The van der Waals surface area contributed by atoms with Crippen molar-refractivity contribution in [1.82, 2.24) is 14.5 Å². The first-order valence-corrected chi connectivity index (χ1v) is 40.0. The van der Waals surface area contributed by atoms with Crippen LogP contribution in [0.3, 0.4) is 0 Å². The molecule has 6 rings (SSSR count). The van der Waals surface area contributed by atoms with Crippen molar-refractivity contribution < 1.29 is 47.1 Å². The van der Waals surface area contributed by atoms with E-state index in [2.05, 4.69) is 57.8 Å². The molecule has 25 nitrogen and oxygen atoms in total. The first-order valence-electron chi connectivity index (χ1n) is 22.8. The smallest absolute Gasteiger partial charge is 0.448 e. The summed E-state index contributed by atoms with van der Waals surface area (Å²) in [5, 5.41) is 14.9. The molecule has 0 fully saturated rings. The number of hydrazone groups is 2. The van der Waals surface area contributed by atoms with Crippen molar-refractivity contribution in [3.63, 3.8) is 0 Å². The lowest BCUT2D eigenvalue weighted by atomic mass is 10.1. The number of nitrogens with zero attached hydrogens (tertiary/aromatic N) is 15. The molecule has 6 aromatic rings. The molecule has 0 amide bonds. The monoisotopic (exact) mass is 1290 g/mol. The van der Waals surface area contributed by atoms with E-state index in [-0.39, 0.29) is 13.0 Å². The molecule has 0 aliphatic rings. The van der Waals surface area contributed by atoms with Crippen molar-refractivity contribution in [2.45, 2.75) is 6.42 Å². The fourth-order valence-electron chi connectivity index (χ4n) is 6.94. The largest absolute Gasteiger partial charge is 0.540 e. The molecule has 0 aliphatic carbocycles. The molecule has 416 valence electrons. The predicted octanol–water partition coefficient (Wildman–Crippen LogP) is 13.9. The molecule has 7 atom stereocenters. The summed E-state index contributed by atoms with van der Waals surface area (Å²) in [6, 6.07) is 48.0. The summed E-state index contributed by atoms with van der Waals surface area (Å²) in [5.74, 6) is 1.75. The molecule has 0 spiro atoms. The van der Waals surface area contributed by atoms with E-state index in [1.54, 1.807) is 92.0 Å². The van der Waals surface area contributed by atoms with Crippen LogP contribution in [0.4, 0.5) is 0 Å². The van der Waals surface area contributed by atoms with Gasteiger partial charge in [-0.1, -0.05) is 105 Å². The van der Waals surface area contributed by atoms with Gasteiger partial charge in [0.2, 0.25) is 27.8 Å². The highest BCUT2D eigenvalue weighted by molar-refractivity contribution is 8.51. The van der Waals surface area contributed by atoms with Crippen molar-refractivity contribution in [2.75, 3.05) is 33.2 Å². The highest BCUT2D eigenvalue weighted by Gasteiger charge is 2.33. The molecule has 0 aliphatic heterocycles. The van der Waals surface area contributed by atoms with E-state index in [0.717, 1.165) is 26.4 Å². The number of hydrogen-bond donors (Lipinski definition) is 4. The van der Waals surface area contributed by atoms with Gasteiger partial charge in [0.15, 0.2) is 5.75 Å². The second-order valence-corrected chi connectivity index (χ2v) is 38.8.